The van der Waals surface area contributed by atoms with Gasteiger partial charge in [0.25, 0.3) is 5.91 Å². The van der Waals surface area contributed by atoms with Crippen LogP contribution in [-0.4, -0.2) is 15.3 Å². The summed E-state index contributed by atoms with van der Waals surface area (Å²) in [6, 6.07) is 8.10. The van der Waals surface area contributed by atoms with E-state index in [0.29, 0.717) is 11.4 Å². The van der Waals surface area contributed by atoms with Crippen molar-refractivity contribution in [1.29, 1.82) is 0 Å². The lowest BCUT2D eigenvalue weighted by Gasteiger charge is -2.02. The van der Waals surface area contributed by atoms with Crippen molar-refractivity contribution in [1.82, 2.24) is 9.36 Å². The van der Waals surface area contributed by atoms with Crippen molar-refractivity contribution in [2.75, 3.05) is 5.32 Å². The van der Waals surface area contributed by atoms with Crippen molar-refractivity contribution >= 4 is 22.6 Å². The topological polar surface area (TPSA) is 54.9 Å². The van der Waals surface area contributed by atoms with Crippen molar-refractivity contribution in [2.24, 2.45) is 0 Å². The predicted octanol–water partition coefficient (Wildman–Crippen LogP) is 3.87. The summed E-state index contributed by atoms with van der Waals surface area (Å²) in [6.07, 6.45) is 0. The predicted molar refractivity (Wildman–Crippen MR) is 79.6 cm³/mol. The Morgan fingerprint density at radius 1 is 1.00 bits per heavy atom. The van der Waals surface area contributed by atoms with Gasteiger partial charge in [-0.2, -0.15) is 9.36 Å². The number of hydrogen-bond acceptors (Lipinski definition) is 4. The molecule has 4 nitrogen and oxygen atoms in total. The van der Waals surface area contributed by atoms with E-state index in [4.69, 9.17) is 0 Å². The maximum atomic E-state index is 13.5. The molecule has 0 aliphatic carbocycles. The number of aromatic nitrogens is 2. The van der Waals surface area contributed by atoms with Gasteiger partial charge in [0.1, 0.15) is 17.5 Å². The quantitative estimate of drug-likeness (QED) is 0.790. The lowest BCUT2D eigenvalue weighted by Crippen LogP contribution is -2.13. The van der Waals surface area contributed by atoms with E-state index in [9.17, 15) is 18.0 Å². The molecule has 0 saturated heterocycles. The lowest BCUT2D eigenvalue weighted by atomic mass is 10.2. The van der Waals surface area contributed by atoms with Crippen molar-refractivity contribution in [3.63, 3.8) is 0 Å². The van der Waals surface area contributed by atoms with Gasteiger partial charge in [-0.05, 0) is 42.5 Å². The fraction of sp³-hybridized carbons (Fsp3) is 0. The second-order valence-electron chi connectivity index (χ2n) is 4.51. The number of anilines is 1. The van der Waals surface area contributed by atoms with Crippen LogP contribution in [0.5, 0.6) is 0 Å². The number of carbonyl (C=O) groups is 1. The molecule has 1 heterocycles. The van der Waals surface area contributed by atoms with Crippen LogP contribution in [0.3, 0.4) is 0 Å². The smallest absolute Gasteiger partial charge is 0.260 e. The first-order valence-corrected chi connectivity index (χ1v) is 7.16. The summed E-state index contributed by atoms with van der Waals surface area (Å²) in [4.78, 5) is 16.0. The van der Waals surface area contributed by atoms with Gasteiger partial charge >= 0.3 is 0 Å². The van der Waals surface area contributed by atoms with Gasteiger partial charge in [0, 0.05) is 17.1 Å². The molecular weight excluding hydrogens is 327 g/mol. The second kappa shape index (κ2) is 6.17. The zero-order valence-corrected chi connectivity index (χ0v) is 12.2. The van der Waals surface area contributed by atoms with Crippen LogP contribution < -0.4 is 5.32 Å². The first kappa shape index (κ1) is 15.2. The van der Waals surface area contributed by atoms with Crippen molar-refractivity contribution in [3.8, 4) is 11.4 Å². The summed E-state index contributed by atoms with van der Waals surface area (Å²) in [5.41, 5.74) is 0.142. The van der Waals surface area contributed by atoms with Crippen molar-refractivity contribution in [2.45, 2.75) is 0 Å². The van der Waals surface area contributed by atoms with E-state index in [2.05, 4.69) is 14.7 Å². The van der Waals surface area contributed by atoms with Crippen LogP contribution in [0.15, 0.2) is 42.5 Å². The zero-order valence-electron chi connectivity index (χ0n) is 11.4. The molecule has 2 aromatic carbocycles. The lowest BCUT2D eigenvalue weighted by molar-refractivity contribution is 0.102. The van der Waals surface area contributed by atoms with Crippen molar-refractivity contribution < 1.29 is 18.0 Å². The fourth-order valence-corrected chi connectivity index (χ4v) is 2.41. The van der Waals surface area contributed by atoms with Crippen molar-refractivity contribution in [3.05, 3.63) is 65.5 Å². The normalized spacial score (nSPS) is 10.6. The van der Waals surface area contributed by atoms with E-state index < -0.39 is 23.1 Å². The van der Waals surface area contributed by atoms with E-state index in [1.165, 1.54) is 24.3 Å². The molecule has 0 aliphatic heterocycles. The third-order valence-corrected chi connectivity index (χ3v) is 3.55. The van der Waals surface area contributed by atoms with Gasteiger partial charge in [0.15, 0.2) is 5.82 Å². The maximum Gasteiger partial charge on any atom is 0.260 e. The highest BCUT2D eigenvalue weighted by molar-refractivity contribution is 7.10. The molecule has 8 heteroatoms. The van der Waals surface area contributed by atoms with E-state index in [0.717, 1.165) is 29.7 Å². The highest BCUT2D eigenvalue weighted by Gasteiger charge is 2.15. The minimum Gasteiger partial charge on any atom is -0.296 e. The number of rotatable bonds is 3. The van der Waals surface area contributed by atoms with Gasteiger partial charge in [-0.15, -0.1) is 0 Å². The van der Waals surface area contributed by atoms with Gasteiger partial charge in [0.2, 0.25) is 5.13 Å². The molecule has 0 fully saturated rings. The van der Waals surface area contributed by atoms with E-state index in [-0.39, 0.29) is 10.9 Å². The average Bonchev–Trinajstić information content (AvgIpc) is 2.99. The van der Waals surface area contributed by atoms with Crippen LogP contribution in [0.1, 0.15) is 10.4 Å². The van der Waals surface area contributed by atoms with Crippen LogP contribution >= 0.6 is 11.5 Å². The van der Waals surface area contributed by atoms with Crippen LogP contribution in [-0.2, 0) is 0 Å². The number of nitrogens with zero attached hydrogens (tertiary/aromatic N) is 2. The number of nitrogens with one attached hydrogen (secondary N) is 1. The Hall–Kier alpha value is -2.74. The zero-order chi connectivity index (χ0) is 16.4. The summed E-state index contributed by atoms with van der Waals surface area (Å²) in [7, 11) is 0. The summed E-state index contributed by atoms with van der Waals surface area (Å²) in [5.74, 6) is -2.49. The Morgan fingerprint density at radius 2 is 1.70 bits per heavy atom. The molecule has 0 atom stereocenters. The molecule has 116 valence electrons. The highest BCUT2D eigenvalue weighted by atomic mass is 32.1. The Morgan fingerprint density at radius 3 is 2.43 bits per heavy atom. The molecule has 1 amide bonds. The molecule has 3 aromatic rings. The molecule has 1 aromatic heterocycles. The highest BCUT2D eigenvalue weighted by Crippen LogP contribution is 2.22. The molecule has 0 radical (unpaired) electrons. The minimum atomic E-state index is -0.841. The number of benzene rings is 2. The first-order chi connectivity index (χ1) is 11.0. The number of halogens is 3. The van der Waals surface area contributed by atoms with E-state index in [1.807, 2.05) is 0 Å². The first-order valence-electron chi connectivity index (χ1n) is 6.39. The summed E-state index contributed by atoms with van der Waals surface area (Å²) < 4.78 is 43.5. The fourth-order valence-electron chi connectivity index (χ4n) is 1.83. The Bertz CT molecular complexity index is 865. The molecule has 0 aliphatic rings. The summed E-state index contributed by atoms with van der Waals surface area (Å²) in [5, 5.41) is 2.48. The van der Waals surface area contributed by atoms with Gasteiger partial charge in [-0.25, -0.2) is 13.2 Å². The molecule has 0 spiro atoms. The molecule has 3 rings (SSSR count). The molecule has 1 N–H and O–H groups in total. The molecule has 0 bridgehead atoms. The second-order valence-corrected chi connectivity index (χ2v) is 5.26. The standard InChI is InChI=1S/C15H8F3N3OS/c16-9-3-1-8(2-4-9)13-19-15(23-21-13)20-14(22)11-7-10(17)5-6-12(11)18/h1-7H,(H,19,20,21,22). The summed E-state index contributed by atoms with van der Waals surface area (Å²) in [6.45, 7) is 0. The Labute approximate surface area is 132 Å². The van der Waals surface area contributed by atoms with E-state index >= 15 is 0 Å². The van der Waals surface area contributed by atoms with Crippen LogP contribution in [0.25, 0.3) is 11.4 Å². The number of amides is 1. The Kier molecular flexibility index (Phi) is 4.07. The van der Waals surface area contributed by atoms with Gasteiger partial charge in [-0.1, -0.05) is 0 Å². The number of hydrogen-bond donors (Lipinski definition) is 1. The largest absolute Gasteiger partial charge is 0.296 e. The van der Waals surface area contributed by atoms with Gasteiger partial charge < -0.3 is 0 Å². The Balaban J connectivity index is 1.80. The van der Waals surface area contributed by atoms with Gasteiger partial charge in [-0.3, -0.25) is 10.1 Å². The third-order valence-electron chi connectivity index (χ3n) is 2.92. The van der Waals surface area contributed by atoms with E-state index in [1.54, 1.807) is 0 Å². The molecule has 0 saturated carbocycles. The van der Waals surface area contributed by atoms with Crippen LogP contribution in [0, 0.1) is 17.5 Å². The SMILES string of the molecule is O=C(Nc1nc(-c2ccc(F)cc2)ns1)c1cc(F)ccc1F. The van der Waals surface area contributed by atoms with Gasteiger partial charge in [0.05, 0.1) is 5.56 Å². The van der Waals surface area contributed by atoms with Crippen LogP contribution in [0.4, 0.5) is 18.3 Å². The third kappa shape index (κ3) is 3.37. The number of carbonyl (C=O) groups excluding carboxylic acids is 1. The maximum absolute atomic E-state index is 13.5. The molecular formula is C15H8F3N3OS. The molecule has 0 unspecified atom stereocenters. The molecule has 23 heavy (non-hydrogen) atoms. The van der Waals surface area contributed by atoms with Crippen LogP contribution in [0.2, 0.25) is 0 Å². The monoisotopic (exact) mass is 335 g/mol. The summed E-state index contributed by atoms with van der Waals surface area (Å²) >= 11 is 0.879. The minimum absolute atomic E-state index is 0.123. The average molecular weight is 335 g/mol.